The van der Waals surface area contributed by atoms with Crippen molar-refractivity contribution >= 4 is 11.9 Å². The Kier molecular flexibility index (Phi) is 17.5. The zero-order valence-corrected chi connectivity index (χ0v) is 22.1. The second kappa shape index (κ2) is 19.3. The molecule has 0 spiro atoms. The van der Waals surface area contributed by atoms with E-state index in [4.69, 9.17) is 4.74 Å². The van der Waals surface area contributed by atoms with Gasteiger partial charge in [0.15, 0.2) is 0 Å². The largest absolute Gasteiger partial charge is 0.481 e. The van der Waals surface area contributed by atoms with Gasteiger partial charge >= 0.3 is 11.9 Å². The van der Waals surface area contributed by atoms with Crippen LogP contribution in [0.3, 0.4) is 0 Å². The van der Waals surface area contributed by atoms with Gasteiger partial charge in [0, 0.05) is 0 Å². The van der Waals surface area contributed by atoms with E-state index in [2.05, 4.69) is 20.8 Å². The number of esters is 1. The molecule has 1 saturated carbocycles. The van der Waals surface area contributed by atoms with Crippen LogP contribution in [0, 0.1) is 17.8 Å². The lowest BCUT2D eigenvalue weighted by molar-refractivity contribution is -0.158. The molecule has 33 heavy (non-hydrogen) atoms. The Morgan fingerprint density at radius 3 is 1.58 bits per heavy atom. The van der Waals surface area contributed by atoms with E-state index in [0.29, 0.717) is 25.7 Å². The molecule has 0 aromatic heterocycles. The van der Waals surface area contributed by atoms with Gasteiger partial charge in [0.05, 0.1) is 11.8 Å². The fraction of sp³-hybridized carbons (Fsp3) is 0.931. The molecule has 1 atom stereocenters. The van der Waals surface area contributed by atoms with E-state index in [-0.39, 0.29) is 23.9 Å². The fourth-order valence-corrected chi connectivity index (χ4v) is 5.06. The number of unbranched alkanes of at least 4 members (excludes halogenated alkanes) is 11. The van der Waals surface area contributed by atoms with Crippen LogP contribution in [0.1, 0.15) is 149 Å². The summed E-state index contributed by atoms with van der Waals surface area (Å²) < 4.78 is 6.02. The highest BCUT2D eigenvalue weighted by Gasteiger charge is 2.31. The standard InChI is InChI=1S/C29H54O4/c1-4-5-6-7-8-12-15-18-27(19-16-13-10-9-11-14-17-24(2)3)33-29(32)26-22-20-25(21-23-26)28(30)31/h24-27H,4-23H2,1-3H3,(H,30,31). The van der Waals surface area contributed by atoms with E-state index in [0.717, 1.165) is 31.6 Å². The summed E-state index contributed by atoms with van der Waals surface area (Å²) in [4.78, 5) is 24.0. The number of carbonyl (C=O) groups excluding carboxylic acids is 1. The van der Waals surface area contributed by atoms with Gasteiger partial charge in [0.1, 0.15) is 6.10 Å². The molecule has 0 amide bonds. The maximum absolute atomic E-state index is 12.8. The minimum absolute atomic E-state index is 0.0475. The summed E-state index contributed by atoms with van der Waals surface area (Å²) in [5.74, 6) is -0.356. The van der Waals surface area contributed by atoms with Crippen molar-refractivity contribution in [1.82, 2.24) is 0 Å². The molecule has 1 aliphatic rings. The van der Waals surface area contributed by atoms with Crippen LogP contribution in [-0.4, -0.2) is 23.1 Å². The quantitative estimate of drug-likeness (QED) is 0.144. The van der Waals surface area contributed by atoms with Gasteiger partial charge in [-0.1, -0.05) is 97.8 Å². The van der Waals surface area contributed by atoms with Crippen LogP contribution in [0.15, 0.2) is 0 Å². The summed E-state index contributed by atoms with van der Waals surface area (Å²) >= 11 is 0. The van der Waals surface area contributed by atoms with Crippen LogP contribution in [0.5, 0.6) is 0 Å². The van der Waals surface area contributed by atoms with Crippen molar-refractivity contribution in [2.75, 3.05) is 0 Å². The molecule has 0 aromatic carbocycles. The molecule has 0 heterocycles. The van der Waals surface area contributed by atoms with E-state index in [1.165, 1.54) is 77.0 Å². The smallest absolute Gasteiger partial charge is 0.309 e. The van der Waals surface area contributed by atoms with E-state index in [9.17, 15) is 14.7 Å². The van der Waals surface area contributed by atoms with Crippen molar-refractivity contribution < 1.29 is 19.4 Å². The number of carboxylic acids is 1. The molecule has 0 radical (unpaired) electrons. The van der Waals surface area contributed by atoms with Crippen LogP contribution in [0.4, 0.5) is 0 Å². The molecule has 1 fully saturated rings. The Hall–Kier alpha value is -1.06. The summed E-state index contributed by atoms with van der Waals surface area (Å²) in [7, 11) is 0. The van der Waals surface area contributed by atoms with Crippen molar-refractivity contribution in [2.24, 2.45) is 17.8 Å². The molecule has 0 saturated heterocycles. The maximum Gasteiger partial charge on any atom is 0.309 e. The molecule has 1 N–H and O–H groups in total. The molecule has 1 unspecified atom stereocenters. The number of hydrogen-bond acceptors (Lipinski definition) is 3. The minimum atomic E-state index is -0.720. The fourth-order valence-electron chi connectivity index (χ4n) is 5.06. The lowest BCUT2D eigenvalue weighted by Gasteiger charge is -2.27. The number of carbonyl (C=O) groups is 2. The minimum Gasteiger partial charge on any atom is -0.481 e. The average molecular weight is 467 g/mol. The van der Waals surface area contributed by atoms with E-state index in [1.54, 1.807) is 0 Å². The zero-order valence-electron chi connectivity index (χ0n) is 22.1. The molecule has 194 valence electrons. The number of aliphatic carboxylic acids is 1. The van der Waals surface area contributed by atoms with Gasteiger partial charge in [-0.05, 0) is 57.3 Å². The van der Waals surface area contributed by atoms with Crippen LogP contribution >= 0.6 is 0 Å². The first kappa shape index (κ1) is 30.0. The number of rotatable bonds is 20. The summed E-state index contributed by atoms with van der Waals surface area (Å²) in [6.07, 6.45) is 22.5. The van der Waals surface area contributed by atoms with E-state index < -0.39 is 5.97 Å². The number of ether oxygens (including phenoxy) is 1. The van der Waals surface area contributed by atoms with E-state index in [1.807, 2.05) is 0 Å². The summed E-state index contributed by atoms with van der Waals surface area (Å²) in [5, 5.41) is 9.19. The molecule has 1 rings (SSSR count). The highest BCUT2D eigenvalue weighted by molar-refractivity contribution is 5.74. The summed E-state index contributed by atoms with van der Waals surface area (Å²) in [6, 6.07) is 0. The number of carboxylic acid groups (broad SMARTS) is 1. The Balaban J connectivity index is 2.32. The third-order valence-electron chi connectivity index (χ3n) is 7.38. The van der Waals surface area contributed by atoms with Crippen LogP contribution < -0.4 is 0 Å². The zero-order chi connectivity index (χ0) is 24.3. The van der Waals surface area contributed by atoms with E-state index >= 15 is 0 Å². The van der Waals surface area contributed by atoms with Gasteiger partial charge in [-0.3, -0.25) is 9.59 Å². The lowest BCUT2D eigenvalue weighted by atomic mass is 9.82. The van der Waals surface area contributed by atoms with Gasteiger partial charge in [0.2, 0.25) is 0 Å². The Bertz CT molecular complexity index is 494. The van der Waals surface area contributed by atoms with Crippen LogP contribution in [0.25, 0.3) is 0 Å². The molecule has 0 aliphatic heterocycles. The third-order valence-corrected chi connectivity index (χ3v) is 7.38. The summed E-state index contributed by atoms with van der Waals surface area (Å²) in [6.45, 7) is 6.84. The topological polar surface area (TPSA) is 63.6 Å². The Morgan fingerprint density at radius 1 is 0.697 bits per heavy atom. The van der Waals surface area contributed by atoms with Gasteiger partial charge in [-0.25, -0.2) is 0 Å². The lowest BCUT2D eigenvalue weighted by Crippen LogP contribution is -2.29. The molecule has 1 aliphatic carbocycles. The second-order valence-corrected chi connectivity index (χ2v) is 10.9. The Labute approximate surface area is 204 Å². The Morgan fingerprint density at radius 2 is 1.12 bits per heavy atom. The monoisotopic (exact) mass is 466 g/mol. The highest BCUT2D eigenvalue weighted by Crippen LogP contribution is 2.30. The van der Waals surface area contributed by atoms with Crippen molar-refractivity contribution in [1.29, 1.82) is 0 Å². The van der Waals surface area contributed by atoms with Crippen molar-refractivity contribution in [3.63, 3.8) is 0 Å². The van der Waals surface area contributed by atoms with Crippen molar-refractivity contribution in [3.8, 4) is 0 Å². The predicted octanol–water partition coefficient (Wildman–Crippen LogP) is 8.71. The predicted molar refractivity (Wildman–Crippen MR) is 137 cm³/mol. The van der Waals surface area contributed by atoms with Crippen LogP contribution in [-0.2, 0) is 14.3 Å². The van der Waals surface area contributed by atoms with Gasteiger partial charge in [-0.2, -0.15) is 0 Å². The molecular formula is C29H54O4. The first-order chi connectivity index (χ1) is 15.9. The van der Waals surface area contributed by atoms with Gasteiger partial charge < -0.3 is 9.84 Å². The van der Waals surface area contributed by atoms with Gasteiger partial charge in [-0.15, -0.1) is 0 Å². The average Bonchev–Trinajstić information content (AvgIpc) is 2.79. The highest BCUT2D eigenvalue weighted by atomic mass is 16.5. The number of hydrogen-bond donors (Lipinski definition) is 1. The van der Waals surface area contributed by atoms with Crippen LogP contribution in [0.2, 0.25) is 0 Å². The maximum atomic E-state index is 12.8. The SMILES string of the molecule is CCCCCCCCCC(CCCCCCCCC(C)C)OC(=O)C1CCC(C(=O)O)CC1. The first-order valence-electron chi connectivity index (χ1n) is 14.4. The molecule has 4 heteroatoms. The molecule has 0 bridgehead atoms. The molecule has 0 aromatic rings. The third kappa shape index (κ3) is 15.5. The molecular weight excluding hydrogens is 412 g/mol. The normalized spacial score (nSPS) is 19.5. The first-order valence-corrected chi connectivity index (χ1v) is 14.4. The van der Waals surface area contributed by atoms with Crippen molar-refractivity contribution in [3.05, 3.63) is 0 Å². The summed E-state index contributed by atoms with van der Waals surface area (Å²) in [5.41, 5.74) is 0. The van der Waals surface area contributed by atoms with Gasteiger partial charge in [0.25, 0.3) is 0 Å². The van der Waals surface area contributed by atoms with Crippen molar-refractivity contribution in [2.45, 2.75) is 155 Å². The second-order valence-electron chi connectivity index (χ2n) is 10.9. The molecule has 4 nitrogen and oxygen atoms in total.